The molecule has 0 spiro atoms. The highest BCUT2D eigenvalue weighted by Crippen LogP contribution is 2.36. The zero-order valence-corrected chi connectivity index (χ0v) is 15.5. The SMILES string of the molecule is CCCOc1c(Cl)cc(C(=O)NCC2CCCN2CC)cc1OC. The third-order valence-corrected chi connectivity index (χ3v) is 4.63. The molecule has 1 atom stereocenters. The van der Waals surface area contributed by atoms with Gasteiger partial charge in [-0.05, 0) is 44.5 Å². The molecule has 134 valence electrons. The summed E-state index contributed by atoms with van der Waals surface area (Å²) in [4.78, 5) is 14.9. The number of likely N-dealkylation sites (N-methyl/N-ethyl adjacent to an activating group) is 1. The molecule has 1 heterocycles. The molecule has 1 aliphatic rings. The number of nitrogens with one attached hydrogen (secondary N) is 1. The molecular formula is C18H27ClN2O3. The monoisotopic (exact) mass is 354 g/mol. The minimum Gasteiger partial charge on any atom is -0.493 e. The lowest BCUT2D eigenvalue weighted by molar-refractivity contribution is 0.0941. The molecule has 0 saturated carbocycles. The van der Waals surface area contributed by atoms with E-state index in [0.29, 0.717) is 41.3 Å². The number of rotatable bonds is 8. The van der Waals surface area contributed by atoms with Gasteiger partial charge < -0.3 is 14.8 Å². The molecule has 2 rings (SSSR count). The van der Waals surface area contributed by atoms with Gasteiger partial charge in [-0.3, -0.25) is 9.69 Å². The molecule has 1 saturated heterocycles. The molecule has 0 bridgehead atoms. The molecular weight excluding hydrogens is 328 g/mol. The summed E-state index contributed by atoms with van der Waals surface area (Å²) in [7, 11) is 1.55. The molecule has 1 aliphatic heterocycles. The van der Waals surface area contributed by atoms with Gasteiger partial charge in [-0.1, -0.05) is 25.4 Å². The number of carbonyl (C=O) groups excluding carboxylic acids is 1. The minimum atomic E-state index is -0.139. The van der Waals surface area contributed by atoms with Crippen molar-refractivity contribution >= 4 is 17.5 Å². The van der Waals surface area contributed by atoms with Crippen LogP contribution in [0.1, 0.15) is 43.5 Å². The van der Waals surface area contributed by atoms with Crippen molar-refractivity contribution in [3.05, 3.63) is 22.7 Å². The molecule has 1 unspecified atom stereocenters. The lowest BCUT2D eigenvalue weighted by atomic mass is 10.1. The predicted octanol–water partition coefficient (Wildman–Crippen LogP) is 3.35. The number of carbonyl (C=O) groups is 1. The maximum Gasteiger partial charge on any atom is 0.251 e. The van der Waals surface area contributed by atoms with Crippen LogP contribution in [0, 0.1) is 0 Å². The van der Waals surface area contributed by atoms with E-state index in [1.807, 2.05) is 6.92 Å². The van der Waals surface area contributed by atoms with Gasteiger partial charge >= 0.3 is 0 Å². The van der Waals surface area contributed by atoms with E-state index < -0.39 is 0 Å². The van der Waals surface area contributed by atoms with Crippen LogP contribution in [0.5, 0.6) is 11.5 Å². The third-order valence-electron chi connectivity index (χ3n) is 4.35. The number of ether oxygens (including phenoxy) is 2. The summed E-state index contributed by atoms with van der Waals surface area (Å²) in [6, 6.07) is 3.73. The second kappa shape index (κ2) is 9.14. The number of nitrogens with zero attached hydrogens (tertiary/aromatic N) is 1. The fourth-order valence-corrected chi connectivity index (χ4v) is 3.32. The van der Waals surface area contributed by atoms with E-state index >= 15 is 0 Å². The summed E-state index contributed by atoms with van der Waals surface area (Å²) in [5, 5.41) is 3.40. The van der Waals surface area contributed by atoms with Gasteiger partial charge in [0.25, 0.3) is 5.91 Å². The molecule has 5 nitrogen and oxygen atoms in total. The second-order valence-electron chi connectivity index (χ2n) is 5.97. The van der Waals surface area contributed by atoms with Crippen molar-refractivity contribution in [2.45, 2.75) is 39.2 Å². The summed E-state index contributed by atoms with van der Waals surface area (Å²) in [6.45, 7) is 7.51. The van der Waals surface area contributed by atoms with Crippen LogP contribution in [-0.2, 0) is 0 Å². The average Bonchev–Trinajstić information content (AvgIpc) is 3.05. The summed E-state index contributed by atoms with van der Waals surface area (Å²) >= 11 is 6.27. The van der Waals surface area contributed by atoms with Crippen molar-refractivity contribution in [1.82, 2.24) is 10.2 Å². The Kier molecular flexibility index (Phi) is 7.18. The molecule has 6 heteroatoms. The molecule has 1 fully saturated rings. The Balaban J connectivity index is 2.05. The van der Waals surface area contributed by atoms with Crippen LogP contribution in [0.4, 0.5) is 0 Å². The molecule has 0 aliphatic carbocycles. The first-order chi connectivity index (χ1) is 11.6. The third kappa shape index (κ3) is 4.54. The Hall–Kier alpha value is -1.46. The largest absolute Gasteiger partial charge is 0.493 e. The van der Waals surface area contributed by atoms with Crippen LogP contribution < -0.4 is 14.8 Å². The predicted molar refractivity (Wildman–Crippen MR) is 96.4 cm³/mol. The lowest BCUT2D eigenvalue weighted by Crippen LogP contribution is -2.40. The molecule has 0 radical (unpaired) electrons. The van der Waals surface area contributed by atoms with Crippen molar-refractivity contribution in [2.24, 2.45) is 0 Å². The highest BCUT2D eigenvalue weighted by Gasteiger charge is 2.24. The quantitative estimate of drug-likeness (QED) is 0.777. The number of amides is 1. The van der Waals surface area contributed by atoms with E-state index in [1.54, 1.807) is 19.2 Å². The van der Waals surface area contributed by atoms with E-state index in [4.69, 9.17) is 21.1 Å². The molecule has 1 amide bonds. The zero-order chi connectivity index (χ0) is 17.5. The Morgan fingerprint density at radius 2 is 2.21 bits per heavy atom. The van der Waals surface area contributed by atoms with Crippen LogP contribution in [0.15, 0.2) is 12.1 Å². The zero-order valence-electron chi connectivity index (χ0n) is 14.7. The highest BCUT2D eigenvalue weighted by atomic mass is 35.5. The Bertz CT molecular complexity index is 565. The van der Waals surface area contributed by atoms with Crippen molar-refractivity contribution < 1.29 is 14.3 Å². The molecule has 24 heavy (non-hydrogen) atoms. The standard InChI is InChI=1S/C18H27ClN2O3/c1-4-9-24-17-15(19)10-13(11-16(17)23-3)18(22)20-12-14-7-6-8-21(14)5-2/h10-11,14H,4-9,12H2,1-3H3,(H,20,22). The van der Waals surface area contributed by atoms with Gasteiger partial charge in [0.1, 0.15) is 0 Å². The molecule has 1 aromatic rings. The van der Waals surface area contributed by atoms with Crippen LogP contribution in [0.2, 0.25) is 5.02 Å². The minimum absolute atomic E-state index is 0.139. The maximum absolute atomic E-state index is 12.5. The number of hydrogen-bond donors (Lipinski definition) is 1. The molecule has 1 N–H and O–H groups in total. The van der Waals surface area contributed by atoms with Crippen molar-refractivity contribution in [1.29, 1.82) is 0 Å². The van der Waals surface area contributed by atoms with Gasteiger partial charge in [-0.15, -0.1) is 0 Å². The highest BCUT2D eigenvalue weighted by molar-refractivity contribution is 6.32. The topological polar surface area (TPSA) is 50.8 Å². The van der Waals surface area contributed by atoms with E-state index in [0.717, 1.165) is 25.9 Å². The fourth-order valence-electron chi connectivity index (χ4n) is 3.05. The first-order valence-corrected chi connectivity index (χ1v) is 9.01. The number of halogens is 1. The van der Waals surface area contributed by atoms with Gasteiger partial charge in [0.15, 0.2) is 11.5 Å². The van der Waals surface area contributed by atoms with E-state index in [-0.39, 0.29) is 5.91 Å². The maximum atomic E-state index is 12.5. The average molecular weight is 355 g/mol. The summed E-state index contributed by atoms with van der Waals surface area (Å²) < 4.78 is 10.9. The van der Waals surface area contributed by atoms with E-state index in [2.05, 4.69) is 17.1 Å². The number of likely N-dealkylation sites (tertiary alicyclic amines) is 1. The van der Waals surface area contributed by atoms with Gasteiger partial charge in [0.2, 0.25) is 0 Å². The van der Waals surface area contributed by atoms with Crippen LogP contribution in [0.3, 0.4) is 0 Å². The smallest absolute Gasteiger partial charge is 0.251 e. The Labute approximate surface area is 149 Å². The normalized spacial score (nSPS) is 17.8. The van der Waals surface area contributed by atoms with Gasteiger partial charge in [0.05, 0.1) is 18.7 Å². The first-order valence-electron chi connectivity index (χ1n) is 8.63. The van der Waals surface area contributed by atoms with Gasteiger partial charge in [-0.25, -0.2) is 0 Å². The van der Waals surface area contributed by atoms with Gasteiger partial charge in [0, 0.05) is 18.2 Å². The number of benzene rings is 1. The van der Waals surface area contributed by atoms with Gasteiger partial charge in [-0.2, -0.15) is 0 Å². The summed E-state index contributed by atoms with van der Waals surface area (Å²) in [5.74, 6) is 0.836. The lowest BCUT2D eigenvalue weighted by Gasteiger charge is -2.23. The van der Waals surface area contributed by atoms with Crippen molar-refractivity contribution in [2.75, 3.05) is 33.4 Å². The van der Waals surface area contributed by atoms with E-state index in [1.165, 1.54) is 6.42 Å². The number of methoxy groups -OCH3 is 1. The van der Waals surface area contributed by atoms with Crippen molar-refractivity contribution in [3.63, 3.8) is 0 Å². The van der Waals surface area contributed by atoms with Crippen molar-refractivity contribution in [3.8, 4) is 11.5 Å². The van der Waals surface area contributed by atoms with Crippen LogP contribution in [0.25, 0.3) is 0 Å². The Morgan fingerprint density at radius 3 is 2.88 bits per heavy atom. The molecule has 0 aromatic heterocycles. The summed E-state index contributed by atoms with van der Waals surface area (Å²) in [5.41, 5.74) is 0.488. The molecule has 1 aromatic carbocycles. The van der Waals surface area contributed by atoms with Crippen LogP contribution in [-0.4, -0.2) is 50.2 Å². The van der Waals surface area contributed by atoms with E-state index in [9.17, 15) is 4.79 Å². The second-order valence-corrected chi connectivity index (χ2v) is 6.38. The first kappa shape index (κ1) is 18.9. The number of hydrogen-bond acceptors (Lipinski definition) is 4. The van der Waals surface area contributed by atoms with Crippen LogP contribution >= 0.6 is 11.6 Å². The fraction of sp³-hybridized carbons (Fsp3) is 0.611. The summed E-state index contributed by atoms with van der Waals surface area (Å²) in [6.07, 6.45) is 3.19. The Morgan fingerprint density at radius 1 is 1.42 bits per heavy atom.